The molecule has 0 aliphatic rings. The third-order valence-corrected chi connectivity index (χ3v) is 2.95. The van der Waals surface area contributed by atoms with Crippen molar-refractivity contribution in [2.75, 3.05) is 6.54 Å². The molecule has 0 bridgehead atoms. The van der Waals surface area contributed by atoms with E-state index in [9.17, 15) is 14.7 Å². The molecular formula is C14H18N4O5. The normalized spacial score (nSPS) is 12.6. The van der Waals surface area contributed by atoms with Crippen molar-refractivity contribution in [1.82, 2.24) is 5.32 Å². The van der Waals surface area contributed by atoms with Crippen molar-refractivity contribution in [1.29, 1.82) is 0 Å². The smallest absolute Gasteiger partial charge is 0.408 e. The molecule has 0 fully saturated rings. The number of ether oxygens (including phenoxy) is 1. The van der Waals surface area contributed by atoms with Crippen molar-refractivity contribution >= 4 is 12.1 Å². The Kier molecular flexibility index (Phi) is 7.98. The van der Waals surface area contributed by atoms with Gasteiger partial charge in [-0.05, 0) is 23.9 Å². The van der Waals surface area contributed by atoms with Crippen LogP contribution in [-0.2, 0) is 16.1 Å². The van der Waals surface area contributed by atoms with Crippen LogP contribution in [0.15, 0.2) is 35.4 Å². The first kappa shape index (κ1) is 18.3. The molecule has 0 spiro atoms. The van der Waals surface area contributed by atoms with Crippen molar-refractivity contribution in [2.45, 2.75) is 31.6 Å². The van der Waals surface area contributed by atoms with Gasteiger partial charge in [-0.2, -0.15) is 0 Å². The van der Waals surface area contributed by atoms with E-state index in [0.29, 0.717) is 0 Å². The number of nitrogens with one attached hydrogen (secondary N) is 1. The number of alkyl carbamates (subject to hydrolysis) is 1. The van der Waals surface area contributed by atoms with Gasteiger partial charge < -0.3 is 20.3 Å². The van der Waals surface area contributed by atoms with Gasteiger partial charge in [0.25, 0.3) is 0 Å². The number of aliphatic hydroxyl groups excluding tert-OH is 1. The maximum atomic E-state index is 11.6. The van der Waals surface area contributed by atoms with Gasteiger partial charge in [0.05, 0.1) is 12.6 Å². The first-order valence-electron chi connectivity index (χ1n) is 6.92. The number of nitrogens with zero attached hydrogens (tertiary/aromatic N) is 3. The summed E-state index contributed by atoms with van der Waals surface area (Å²) < 4.78 is 4.94. The van der Waals surface area contributed by atoms with E-state index in [2.05, 4.69) is 15.3 Å². The Morgan fingerprint density at radius 1 is 1.30 bits per heavy atom. The van der Waals surface area contributed by atoms with Crippen LogP contribution in [0.25, 0.3) is 10.4 Å². The summed E-state index contributed by atoms with van der Waals surface area (Å²) in [5.41, 5.74) is 8.91. The fourth-order valence-corrected chi connectivity index (χ4v) is 1.75. The maximum absolute atomic E-state index is 11.6. The van der Waals surface area contributed by atoms with Crippen LogP contribution in [0.1, 0.15) is 18.4 Å². The standard InChI is InChI=1S/C14H18N4O5/c15-18-16-8-11(19)6-7-12(13(20)21)17-14(22)23-9-10-4-2-1-3-5-10/h1-5,11-12,19H,6-9H2,(H,17,22)(H,20,21)/t11-,12+/m1/s1. The van der Waals surface area contributed by atoms with Crippen LogP contribution < -0.4 is 5.32 Å². The van der Waals surface area contributed by atoms with Crippen molar-refractivity contribution < 1.29 is 24.5 Å². The summed E-state index contributed by atoms with van der Waals surface area (Å²) in [6.07, 6.45) is -1.77. The quantitative estimate of drug-likeness (QED) is 0.360. The Balaban J connectivity index is 2.40. The molecule has 0 aromatic heterocycles. The summed E-state index contributed by atoms with van der Waals surface area (Å²) in [6, 6.07) is 7.76. The van der Waals surface area contributed by atoms with Gasteiger partial charge in [0, 0.05) is 4.91 Å². The Bertz CT molecular complexity index is 560. The molecule has 0 heterocycles. The molecular weight excluding hydrogens is 304 g/mol. The SMILES string of the molecule is [N-]=[N+]=NC[C@H](O)CC[C@H](NC(=O)OCc1ccccc1)C(=O)O. The fraction of sp³-hybridized carbons (Fsp3) is 0.429. The molecule has 0 saturated carbocycles. The number of carbonyl (C=O) groups excluding carboxylic acids is 1. The van der Waals surface area contributed by atoms with Crippen LogP contribution in [0, 0.1) is 0 Å². The maximum Gasteiger partial charge on any atom is 0.408 e. The molecule has 0 unspecified atom stereocenters. The molecule has 9 heteroatoms. The zero-order valence-corrected chi connectivity index (χ0v) is 12.3. The monoisotopic (exact) mass is 322 g/mol. The molecule has 9 nitrogen and oxygen atoms in total. The van der Waals surface area contributed by atoms with Crippen LogP contribution >= 0.6 is 0 Å². The van der Waals surface area contributed by atoms with E-state index >= 15 is 0 Å². The molecule has 1 aromatic carbocycles. The molecule has 0 aliphatic heterocycles. The number of hydrogen-bond acceptors (Lipinski definition) is 5. The fourth-order valence-electron chi connectivity index (χ4n) is 1.75. The summed E-state index contributed by atoms with van der Waals surface area (Å²) >= 11 is 0. The number of hydrogen-bond donors (Lipinski definition) is 3. The van der Waals surface area contributed by atoms with Crippen molar-refractivity contribution in [2.24, 2.45) is 5.11 Å². The summed E-state index contributed by atoms with van der Waals surface area (Å²) in [5, 5.41) is 24.0. The highest BCUT2D eigenvalue weighted by Gasteiger charge is 2.21. The van der Waals surface area contributed by atoms with E-state index in [-0.39, 0.29) is 26.0 Å². The van der Waals surface area contributed by atoms with Crippen molar-refractivity contribution in [3.8, 4) is 0 Å². The minimum Gasteiger partial charge on any atom is -0.480 e. The predicted octanol–water partition coefficient (Wildman–Crippen LogP) is 1.82. The number of rotatable bonds is 9. The number of azide groups is 1. The minimum absolute atomic E-state index is 0.0160. The number of aliphatic hydroxyl groups is 1. The molecule has 1 aromatic rings. The van der Waals surface area contributed by atoms with Gasteiger partial charge in [-0.3, -0.25) is 0 Å². The van der Waals surface area contributed by atoms with E-state index in [0.717, 1.165) is 5.56 Å². The minimum atomic E-state index is -1.24. The lowest BCUT2D eigenvalue weighted by Gasteiger charge is -2.16. The number of carboxylic acids is 1. The van der Waals surface area contributed by atoms with Crippen molar-refractivity contribution in [3.63, 3.8) is 0 Å². The number of carbonyl (C=O) groups is 2. The van der Waals surface area contributed by atoms with Crippen LogP contribution in [0.4, 0.5) is 4.79 Å². The second-order valence-corrected chi connectivity index (χ2v) is 4.74. The Hall–Kier alpha value is -2.77. The highest BCUT2D eigenvalue weighted by Crippen LogP contribution is 2.05. The summed E-state index contributed by atoms with van der Waals surface area (Å²) in [6.45, 7) is -0.125. The summed E-state index contributed by atoms with van der Waals surface area (Å²) in [5.74, 6) is -1.24. The van der Waals surface area contributed by atoms with E-state index < -0.39 is 24.2 Å². The van der Waals surface area contributed by atoms with Crippen LogP contribution in [-0.4, -0.2) is 41.0 Å². The Morgan fingerprint density at radius 3 is 2.61 bits per heavy atom. The van der Waals surface area contributed by atoms with Gasteiger partial charge in [0.15, 0.2) is 0 Å². The zero-order valence-electron chi connectivity index (χ0n) is 12.3. The van der Waals surface area contributed by atoms with E-state index in [1.54, 1.807) is 24.3 Å². The molecule has 0 aliphatic carbocycles. The first-order valence-corrected chi connectivity index (χ1v) is 6.92. The van der Waals surface area contributed by atoms with Gasteiger partial charge in [-0.15, -0.1) is 0 Å². The highest BCUT2D eigenvalue weighted by molar-refractivity contribution is 5.79. The number of carboxylic acid groups (broad SMARTS) is 1. The van der Waals surface area contributed by atoms with Gasteiger partial charge in [-0.25, -0.2) is 9.59 Å². The Labute approximate surface area is 132 Å². The third-order valence-electron chi connectivity index (χ3n) is 2.95. The van der Waals surface area contributed by atoms with E-state index in [4.69, 9.17) is 15.4 Å². The second-order valence-electron chi connectivity index (χ2n) is 4.74. The van der Waals surface area contributed by atoms with Gasteiger partial charge >= 0.3 is 12.1 Å². The molecule has 0 radical (unpaired) electrons. The van der Waals surface area contributed by atoms with E-state index in [1.165, 1.54) is 0 Å². The molecule has 3 N–H and O–H groups in total. The molecule has 2 atom stereocenters. The summed E-state index contributed by atoms with van der Waals surface area (Å²) in [4.78, 5) is 25.2. The van der Waals surface area contributed by atoms with E-state index in [1.807, 2.05) is 6.07 Å². The number of aliphatic carboxylic acids is 1. The average Bonchev–Trinajstić information content (AvgIpc) is 2.55. The molecule has 0 saturated heterocycles. The Morgan fingerprint density at radius 2 is 2.00 bits per heavy atom. The lowest BCUT2D eigenvalue weighted by atomic mass is 10.1. The third kappa shape index (κ3) is 7.70. The molecule has 1 amide bonds. The highest BCUT2D eigenvalue weighted by atomic mass is 16.5. The number of benzene rings is 1. The first-order chi connectivity index (χ1) is 11.0. The molecule has 124 valence electrons. The molecule has 1 rings (SSSR count). The second kappa shape index (κ2) is 10.0. The summed E-state index contributed by atoms with van der Waals surface area (Å²) in [7, 11) is 0. The van der Waals surface area contributed by atoms with Crippen LogP contribution in [0.2, 0.25) is 0 Å². The molecule has 23 heavy (non-hydrogen) atoms. The van der Waals surface area contributed by atoms with Crippen molar-refractivity contribution in [3.05, 3.63) is 46.3 Å². The van der Waals surface area contributed by atoms with Gasteiger partial charge in [-0.1, -0.05) is 35.4 Å². The zero-order chi connectivity index (χ0) is 17.1. The van der Waals surface area contributed by atoms with Gasteiger partial charge in [0.1, 0.15) is 12.6 Å². The average molecular weight is 322 g/mol. The van der Waals surface area contributed by atoms with Gasteiger partial charge in [0.2, 0.25) is 0 Å². The van der Waals surface area contributed by atoms with Crippen LogP contribution in [0.5, 0.6) is 0 Å². The number of amides is 1. The van der Waals surface area contributed by atoms with Crippen LogP contribution in [0.3, 0.4) is 0 Å². The lowest BCUT2D eigenvalue weighted by Crippen LogP contribution is -2.41. The predicted molar refractivity (Wildman–Crippen MR) is 80.4 cm³/mol. The topological polar surface area (TPSA) is 145 Å². The largest absolute Gasteiger partial charge is 0.480 e. The lowest BCUT2D eigenvalue weighted by molar-refractivity contribution is -0.139.